The van der Waals surface area contributed by atoms with Crippen molar-refractivity contribution >= 4 is 16.7 Å². The lowest BCUT2D eigenvalue weighted by Crippen LogP contribution is -2.35. The summed E-state index contributed by atoms with van der Waals surface area (Å²) in [6.45, 7) is 3.13. The molecule has 5 rings (SSSR count). The van der Waals surface area contributed by atoms with Gasteiger partial charge >= 0.3 is 0 Å². The molecule has 3 aromatic rings. The SMILES string of the molecule is Cc1ccc(OC[C@H]2C[C@H](O)CN2C)cc1C(=O)NC1(c2cccc3ccccc23)CC1. The van der Waals surface area contributed by atoms with Crippen LogP contribution >= 0.6 is 0 Å². The first-order valence-electron chi connectivity index (χ1n) is 11.4. The van der Waals surface area contributed by atoms with Gasteiger partial charge in [0.25, 0.3) is 5.91 Å². The minimum atomic E-state index is -0.302. The zero-order valence-electron chi connectivity index (χ0n) is 18.7. The van der Waals surface area contributed by atoms with Crippen LogP contribution in [0.25, 0.3) is 10.8 Å². The van der Waals surface area contributed by atoms with E-state index in [9.17, 15) is 9.90 Å². The second-order valence-corrected chi connectivity index (χ2v) is 9.33. The molecule has 1 saturated heterocycles. The summed E-state index contributed by atoms with van der Waals surface area (Å²) in [5.74, 6) is 0.623. The normalized spacial score (nSPS) is 22.1. The summed E-state index contributed by atoms with van der Waals surface area (Å²) in [4.78, 5) is 15.4. The molecule has 0 aromatic heterocycles. The summed E-state index contributed by atoms with van der Waals surface area (Å²) in [5, 5.41) is 15.6. The topological polar surface area (TPSA) is 61.8 Å². The molecule has 0 unspecified atom stereocenters. The third-order valence-electron chi connectivity index (χ3n) is 6.97. The molecule has 1 aliphatic heterocycles. The van der Waals surface area contributed by atoms with Crippen molar-refractivity contribution in [2.24, 2.45) is 0 Å². The number of nitrogens with zero attached hydrogens (tertiary/aromatic N) is 1. The molecule has 3 aromatic carbocycles. The van der Waals surface area contributed by atoms with Gasteiger partial charge in [-0.2, -0.15) is 0 Å². The molecule has 5 nitrogen and oxygen atoms in total. The Hall–Kier alpha value is -2.89. The average molecular weight is 431 g/mol. The first kappa shape index (κ1) is 21.0. The fourth-order valence-electron chi connectivity index (χ4n) is 4.89. The van der Waals surface area contributed by atoms with Crippen molar-refractivity contribution < 1.29 is 14.6 Å². The molecule has 2 aliphatic rings. The maximum Gasteiger partial charge on any atom is 0.252 e. The predicted molar refractivity (Wildman–Crippen MR) is 126 cm³/mol. The summed E-state index contributed by atoms with van der Waals surface area (Å²) in [5.41, 5.74) is 2.46. The lowest BCUT2D eigenvalue weighted by Gasteiger charge is -2.22. The fraction of sp³-hybridized carbons (Fsp3) is 0.370. The highest BCUT2D eigenvalue weighted by atomic mass is 16.5. The number of likely N-dealkylation sites (N-methyl/N-ethyl adjacent to an activating group) is 1. The second-order valence-electron chi connectivity index (χ2n) is 9.33. The summed E-state index contributed by atoms with van der Waals surface area (Å²) >= 11 is 0. The van der Waals surface area contributed by atoms with Gasteiger partial charge in [0.1, 0.15) is 12.4 Å². The number of benzene rings is 3. The Morgan fingerprint density at radius 1 is 1.16 bits per heavy atom. The number of β-amino-alcohol motifs (C(OH)–C–C–N with tert-alkyl or cyclic N) is 1. The molecule has 0 spiro atoms. The maximum absolute atomic E-state index is 13.3. The summed E-state index contributed by atoms with van der Waals surface area (Å²) in [6, 6.07) is 20.5. The molecule has 2 atom stereocenters. The van der Waals surface area contributed by atoms with Crippen molar-refractivity contribution in [3.05, 3.63) is 77.4 Å². The van der Waals surface area contributed by atoms with Gasteiger partial charge in [-0.3, -0.25) is 9.69 Å². The fourth-order valence-corrected chi connectivity index (χ4v) is 4.89. The zero-order valence-corrected chi connectivity index (χ0v) is 18.7. The molecule has 2 N–H and O–H groups in total. The van der Waals surface area contributed by atoms with Crippen LogP contribution in [0.3, 0.4) is 0 Å². The molecule has 0 bridgehead atoms. The van der Waals surface area contributed by atoms with E-state index in [1.54, 1.807) is 0 Å². The second kappa shape index (κ2) is 8.23. The van der Waals surface area contributed by atoms with Gasteiger partial charge in [-0.1, -0.05) is 48.5 Å². The summed E-state index contributed by atoms with van der Waals surface area (Å²) in [6.07, 6.45) is 2.30. The summed E-state index contributed by atoms with van der Waals surface area (Å²) in [7, 11) is 2.00. The van der Waals surface area contributed by atoms with Crippen LogP contribution in [0.4, 0.5) is 0 Å². The van der Waals surface area contributed by atoms with E-state index in [2.05, 4.69) is 46.6 Å². The third kappa shape index (κ3) is 3.98. The van der Waals surface area contributed by atoms with E-state index in [1.165, 1.54) is 16.3 Å². The van der Waals surface area contributed by atoms with Crippen LogP contribution in [-0.4, -0.2) is 48.3 Å². The number of likely N-dealkylation sites (tertiary alicyclic amines) is 1. The Morgan fingerprint density at radius 3 is 2.69 bits per heavy atom. The van der Waals surface area contributed by atoms with Crippen LogP contribution in [0.2, 0.25) is 0 Å². The molecule has 1 amide bonds. The van der Waals surface area contributed by atoms with Gasteiger partial charge in [0, 0.05) is 18.2 Å². The molecular formula is C27H30N2O3. The number of fused-ring (bicyclic) bond motifs is 1. The molecule has 0 radical (unpaired) electrons. The van der Waals surface area contributed by atoms with E-state index in [0.29, 0.717) is 30.9 Å². The van der Waals surface area contributed by atoms with Crippen molar-refractivity contribution in [1.82, 2.24) is 10.2 Å². The van der Waals surface area contributed by atoms with Crippen LogP contribution in [0, 0.1) is 6.92 Å². The minimum absolute atomic E-state index is 0.0632. The van der Waals surface area contributed by atoms with Crippen molar-refractivity contribution in [2.45, 2.75) is 43.9 Å². The first-order valence-corrected chi connectivity index (χ1v) is 11.4. The number of hydrogen-bond acceptors (Lipinski definition) is 4. The highest BCUT2D eigenvalue weighted by Crippen LogP contribution is 2.48. The van der Waals surface area contributed by atoms with Gasteiger partial charge in [-0.15, -0.1) is 0 Å². The van der Waals surface area contributed by atoms with E-state index in [4.69, 9.17) is 4.74 Å². The number of ether oxygens (including phenoxy) is 1. The number of nitrogens with one attached hydrogen (secondary N) is 1. The number of amides is 1. The van der Waals surface area contributed by atoms with E-state index in [-0.39, 0.29) is 23.6 Å². The molecule has 1 aliphatic carbocycles. The lowest BCUT2D eigenvalue weighted by molar-refractivity contribution is 0.0930. The number of rotatable bonds is 6. The van der Waals surface area contributed by atoms with Gasteiger partial charge in [-0.05, 0) is 67.3 Å². The highest BCUT2D eigenvalue weighted by Gasteiger charge is 2.46. The van der Waals surface area contributed by atoms with Crippen molar-refractivity contribution in [3.63, 3.8) is 0 Å². The van der Waals surface area contributed by atoms with Crippen LogP contribution in [-0.2, 0) is 5.54 Å². The van der Waals surface area contributed by atoms with E-state index in [0.717, 1.165) is 18.4 Å². The number of aliphatic hydroxyl groups is 1. The maximum atomic E-state index is 13.3. The Bertz CT molecular complexity index is 1150. The van der Waals surface area contributed by atoms with Crippen LogP contribution < -0.4 is 10.1 Å². The molecule has 2 fully saturated rings. The Labute approximate surface area is 189 Å². The van der Waals surface area contributed by atoms with E-state index in [1.807, 2.05) is 38.2 Å². The first-order chi connectivity index (χ1) is 15.4. The number of hydrogen-bond donors (Lipinski definition) is 2. The monoisotopic (exact) mass is 430 g/mol. The predicted octanol–water partition coefficient (Wildman–Crippen LogP) is 4.01. The Kier molecular flexibility index (Phi) is 5.39. The molecule has 1 saturated carbocycles. The lowest BCUT2D eigenvalue weighted by atomic mass is 9.96. The van der Waals surface area contributed by atoms with E-state index >= 15 is 0 Å². The average Bonchev–Trinajstić information content (AvgIpc) is 3.49. The number of aryl methyl sites for hydroxylation is 1. The van der Waals surface area contributed by atoms with Crippen LogP contribution in [0.1, 0.15) is 40.7 Å². The summed E-state index contributed by atoms with van der Waals surface area (Å²) < 4.78 is 6.01. The highest BCUT2D eigenvalue weighted by molar-refractivity contribution is 5.97. The number of carbonyl (C=O) groups is 1. The molecule has 5 heteroatoms. The largest absolute Gasteiger partial charge is 0.492 e. The number of aliphatic hydroxyl groups excluding tert-OH is 1. The molecule has 166 valence electrons. The van der Waals surface area contributed by atoms with Crippen molar-refractivity contribution in [3.8, 4) is 5.75 Å². The quantitative estimate of drug-likeness (QED) is 0.620. The third-order valence-corrected chi connectivity index (χ3v) is 6.97. The molecule has 32 heavy (non-hydrogen) atoms. The van der Waals surface area contributed by atoms with Gasteiger partial charge in [0.05, 0.1) is 11.6 Å². The van der Waals surface area contributed by atoms with Crippen LogP contribution in [0.5, 0.6) is 5.75 Å². The minimum Gasteiger partial charge on any atom is -0.492 e. The van der Waals surface area contributed by atoms with Crippen molar-refractivity contribution in [2.75, 3.05) is 20.2 Å². The van der Waals surface area contributed by atoms with Gasteiger partial charge < -0.3 is 15.2 Å². The van der Waals surface area contributed by atoms with Gasteiger partial charge in [0.15, 0.2) is 0 Å². The van der Waals surface area contributed by atoms with Gasteiger partial charge in [-0.25, -0.2) is 0 Å². The Balaban J connectivity index is 1.34. The molecular weight excluding hydrogens is 400 g/mol. The van der Waals surface area contributed by atoms with Crippen molar-refractivity contribution in [1.29, 1.82) is 0 Å². The van der Waals surface area contributed by atoms with Crippen LogP contribution in [0.15, 0.2) is 60.7 Å². The number of carbonyl (C=O) groups excluding carboxylic acids is 1. The van der Waals surface area contributed by atoms with E-state index < -0.39 is 0 Å². The zero-order chi connectivity index (χ0) is 22.3. The van der Waals surface area contributed by atoms with Gasteiger partial charge in [0.2, 0.25) is 0 Å². The Morgan fingerprint density at radius 2 is 1.94 bits per heavy atom. The standard InChI is InChI=1S/C27H30N2O3/c1-18-10-11-22(32-17-20-14-21(30)16-29(20)2)15-24(18)26(31)28-27(12-13-27)25-9-5-7-19-6-3-4-8-23(19)25/h3-11,15,20-21,30H,12-14,16-17H2,1-2H3,(H,28,31)/t20-,21+/m1/s1. The molecule has 1 heterocycles. The smallest absolute Gasteiger partial charge is 0.252 e.